The summed E-state index contributed by atoms with van der Waals surface area (Å²) in [6.07, 6.45) is 13.7. The van der Waals surface area contributed by atoms with Gasteiger partial charge in [-0.05, 0) is 40.0 Å². The van der Waals surface area contributed by atoms with Gasteiger partial charge in [-0.15, -0.1) is 0 Å². The molecule has 0 fully saturated rings. The van der Waals surface area contributed by atoms with Crippen molar-refractivity contribution in [2.75, 3.05) is 13.2 Å². The minimum absolute atomic E-state index is 0.0628. The first-order chi connectivity index (χ1) is 21.1. The van der Waals surface area contributed by atoms with E-state index in [9.17, 15) is 39.0 Å². The maximum atomic E-state index is 12.7. The van der Waals surface area contributed by atoms with Crippen LogP contribution in [0.5, 0.6) is 0 Å². The average Bonchev–Trinajstić information content (AvgIpc) is 2.97. The summed E-state index contributed by atoms with van der Waals surface area (Å²) in [6, 6.07) is 0. The van der Waals surface area contributed by atoms with Crippen LogP contribution in [0.4, 0.5) is 0 Å². The Bertz CT molecular complexity index is 870. The first-order valence-electron chi connectivity index (χ1n) is 16.3. The smallest absolute Gasteiger partial charge is 0.347 e. The largest absolute Gasteiger partial charge is 0.481 e. The van der Waals surface area contributed by atoms with E-state index in [1.54, 1.807) is 0 Å². The number of carboxylic acid groups (broad SMARTS) is 2. The van der Waals surface area contributed by atoms with E-state index in [4.69, 9.17) is 20.1 Å². The zero-order valence-corrected chi connectivity index (χ0v) is 27.8. The maximum absolute atomic E-state index is 12.7. The molecule has 0 saturated heterocycles. The molecule has 0 saturated carbocycles. The van der Waals surface area contributed by atoms with Gasteiger partial charge in [-0.1, -0.05) is 90.4 Å². The van der Waals surface area contributed by atoms with Crippen molar-refractivity contribution in [1.82, 2.24) is 0 Å². The van der Waals surface area contributed by atoms with Crippen LogP contribution in [0.3, 0.4) is 0 Å². The summed E-state index contributed by atoms with van der Waals surface area (Å²) in [5.41, 5.74) is -5.27. The topological polar surface area (TPSA) is 213 Å². The molecule has 2 atom stereocenters. The molecule has 0 aliphatic rings. The molecule has 45 heavy (non-hydrogen) atoms. The number of hydrogen-bond acceptors (Lipinski definition) is 10. The molecule has 2 unspecified atom stereocenters. The number of Topliss-reactive ketones (excluding diaryl/α,β-unsaturated/α-hetero) is 3. The predicted octanol–water partition coefficient (Wildman–Crippen LogP) is 4.56. The molecule has 0 aromatic heterocycles. The fourth-order valence-corrected chi connectivity index (χ4v) is 5.20. The van der Waals surface area contributed by atoms with Gasteiger partial charge in [0.1, 0.15) is 29.7 Å². The van der Waals surface area contributed by atoms with Gasteiger partial charge in [0, 0.05) is 12.8 Å². The molecule has 0 heterocycles. The maximum Gasteiger partial charge on any atom is 0.347 e. The first kappa shape index (κ1) is 44.4. The van der Waals surface area contributed by atoms with Crippen molar-refractivity contribution >= 4 is 35.3 Å². The molecule has 0 rings (SSSR count). The minimum Gasteiger partial charge on any atom is -0.481 e. The molecule has 0 radical (unpaired) electrons. The summed E-state index contributed by atoms with van der Waals surface area (Å²) in [7, 11) is 0. The molecule has 0 spiro atoms. The Morgan fingerprint density at radius 1 is 0.622 bits per heavy atom. The Hall–Kier alpha value is -2.70. The van der Waals surface area contributed by atoms with E-state index in [2.05, 4.69) is 6.92 Å². The SMILES string of the molecule is CCCCCCCCCCCCCCCC(C(C)=O)(C(C)=O)C(O)(C(C)=O)C(=O)OCC(O)CO.O=C(O)CCCCC(=O)O. The number of esters is 1. The molecule has 12 nitrogen and oxygen atoms in total. The van der Waals surface area contributed by atoms with Crippen LogP contribution in [0.25, 0.3) is 0 Å². The van der Waals surface area contributed by atoms with Crippen molar-refractivity contribution in [2.24, 2.45) is 5.41 Å². The molecule has 0 aromatic carbocycles. The quantitative estimate of drug-likeness (QED) is 0.0472. The Kier molecular flexibility index (Phi) is 25.2. The van der Waals surface area contributed by atoms with Crippen LogP contribution in [-0.4, -0.2) is 85.7 Å². The first-order valence-corrected chi connectivity index (χ1v) is 16.3. The molecule has 12 heteroatoms. The zero-order valence-electron chi connectivity index (χ0n) is 27.8. The second kappa shape index (κ2) is 25.5. The van der Waals surface area contributed by atoms with Gasteiger partial charge in [0.2, 0.25) is 5.60 Å². The number of aliphatic hydroxyl groups is 3. The van der Waals surface area contributed by atoms with Crippen molar-refractivity contribution in [3.8, 4) is 0 Å². The number of unbranched alkanes of at least 4 members (excludes halogenated alkanes) is 13. The number of carboxylic acids is 2. The monoisotopic (exact) mass is 646 g/mol. The lowest BCUT2D eigenvalue weighted by atomic mass is 9.62. The standard InChI is InChI=1S/C27H48O8.C6H10O4/c1-5-6-7-8-9-10-11-12-13-14-15-16-17-18-26(21(2)29,22(3)30)27(34,23(4)31)25(33)35-20-24(32)19-28;7-5(8)3-1-2-4-6(9)10/h24,28,32,34H,5-20H2,1-4H3;1-4H2,(H,7,8)(H,9,10). The lowest BCUT2D eigenvalue weighted by molar-refractivity contribution is -0.193. The number of rotatable bonds is 27. The molecule has 0 amide bonds. The zero-order chi connectivity index (χ0) is 34.9. The van der Waals surface area contributed by atoms with E-state index in [0.717, 1.165) is 40.0 Å². The number of ketones is 3. The summed E-state index contributed by atoms with van der Waals surface area (Å²) < 4.78 is 4.82. The number of aliphatic carboxylic acids is 2. The van der Waals surface area contributed by atoms with E-state index < -0.39 is 65.6 Å². The minimum atomic E-state index is -3.00. The molecule has 0 aliphatic carbocycles. The van der Waals surface area contributed by atoms with Crippen molar-refractivity contribution in [3.05, 3.63) is 0 Å². The van der Waals surface area contributed by atoms with Crippen LogP contribution in [0, 0.1) is 5.41 Å². The highest BCUT2D eigenvalue weighted by atomic mass is 16.6. The Labute approximate surface area is 267 Å². The van der Waals surface area contributed by atoms with Gasteiger partial charge in [-0.3, -0.25) is 24.0 Å². The normalized spacial score (nSPS) is 13.1. The second-order valence-corrected chi connectivity index (χ2v) is 11.7. The third-order valence-electron chi connectivity index (χ3n) is 7.93. The van der Waals surface area contributed by atoms with Crippen LogP contribution in [-0.2, 0) is 33.5 Å². The van der Waals surface area contributed by atoms with Crippen LogP contribution < -0.4 is 0 Å². The molecular formula is C33H58O12. The van der Waals surface area contributed by atoms with Gasteiger partial charge in [0.05, 0.1) is 6.61 Å². The second-order valence-electron chi connectivity index (χ2n) is 11.7. The molecule has 0 aliphatic heterocycles. The van der Waals surface area contributed by atoms with E-state index >= 15 is 0 Å². The molecule has 262 valence electrons. The van der Waals surface area contributed by atoms with Gasteiger partial charge in [-0.2, -0.15) is 0 Å². The summed E-state index contributed by atoms with van der Waals surface area (Å²) in [5.74, 6) is -5.88. The third kappa shape index (κ3) is 17.5. The van der Waals surface area contributed by atoms with Gasteiger partial charge >= 0.3 is 17.9 Å². The Balaban J connectivity index is 0. The van der Waals surface area contributed by atoms with Gasteiger partial charge in [0.25, 0.3) is 0 Å². The Morgan fingerprint density at radius 2 is 1.00 bits per heavy atom. The van der Waals surface area contributed by atoms with Crippen molar-refractivity contribution < 1.29 is 59.0 Å². The number of carbonyl (C=O) groups excluding carboxylic acids is 4. The highest BCUT2D eigenvalue weighted by Gasteiger charge is 2.65. The highest BCUT2D eigenvalue weighted by Crippen LogP contribution is 2.41. The van der Waals surface area contributed by atoms with E-state index in [1.807, 2.05) is 0 Å². The number of ether oxygens (including phenoxy) is 1. The number of hydrogen-bond donors (Lipinski definition) is 5. The fraction of sp³-hybridized carbons (Fsp3) is 0.818. The van der Waals surface area contributed by atoms with Crippen molar-refractivity contribution in [1.29, 1.82) is 0 Å². The van der Waals surface area contributed by atoms with Gasteiger partial charge in [0.15, 0.2) is 5.78 Å². The summed E-state index contributed by atoms with van der Waals surface area (Å²) in [6.45, 7) is 3.91. The van der Waals surface area contributed by atoms with E-state index in [0.29, 0.717) is 25.7 Å². The van der Waals surface area contributed by atoms with Crippen molar-refractivity contribution in [3.63, 3.8) is 0 Å². The Morgan fingerprint density at radius 3 is 1.31 bits per heavy atom. The third-order valence-corrected chi connectivity index (χ3v) is 7.93. The predicted molar refractivity (Wildman–Crippen MR) is 168 cm³/mol. The van der Waals surface area contributed by atoms with Gasteiger partial charge < -0.3 is 30.3 Å². The highest BCUT2D eigenvalue weighted by molar-refractivity contribution is 6.20. The van der Waals surface area contributed by atoms with Crippen LogP contribution in [0.15, 0.2) is 0 Å². The van der Waals surface area contributed by atoms with Crippen LogP contribution in [0.1, 0.15) is 143 Å². The van der Waals surface area contributed by atoms with E-state index in [-0.39, 0.29) is 19.3 Å². The molecular weight excluding hydrogens is 588 g/mol. The van der Waals surface area contributed by atoms with Gasteiger partial charge in [-0.25, -0.2) is 4.79 Å². The number of carbonyl (C=O) groups is 6. The lowest BCUT2D eigenvalue weighted by Crippen LogP contribution is -2.65. The van der Waals surface area contributed by atoms with E-state index in [1.165, 1.54) is 51.4 Å². The summed E-state index contributed by atoms with van der Waals surface area (Å²) in [4.78, 5) is 70.3. The summed E-state index contributed by atoms with van der Waals surface area (Å²) >= 11 is 0. The fourth-order valence-electron chi connectivity index (χ4n) is 5.20. The molecule has 0 bridgehead atoms. The molecule has 5 N–H and O–H groups in total. The average molecular weight is 647 g/mol. The number of aliphatic hydroxyl groups excluding tert-OH is 2. The van der Waals surface area contributed by atoms with Crippen LogP contribution in [0.2, 0.25) is 0 Å². The van der Waals surface area contributed by atoms with Crippen molar-refractivity contribution in [2.45, 2.75) is 155 Å². The van der Waals surface area contributed by atoms with Crippen LogP contribution >= 0.6 is 0 Å². The lowest BCUT2D eigenvalue weighted by Gasteiger charge is -2.40. The summed E-state index contributed by atoms with van der Waals surface area (Å²) in [5, 5.41) is 45.8. The molecule has 0 aromatic rings.